The predicted octanol–water partition coefficient (Wildman–Crippen LogP) is 3.69. The zero-order chi connectivity index (χ0) is 14.8. The van der Waals surface area contributed by atoms with Crippen LogP contribution < -0.4 is 10.1 Å². The van der Waals surface area contributed by atoms with E-state index < -0.39 is 5.54 Å². The Labute approximate surface area is 123 Å². The number of benzene rings is 1. The number of ether oxygens (including phenoxy) is 1. The lowest BCUT2D eigenvalue weighted by atomic mass is 9.97. The van der Waals surface area contributed by atoms with Crippen LogP contribution in [0.5, 0.6) is 5.75 Å². The third-order valence-corrected chi connectivity index (χ3v) is 3.60. The highest BCUT2D eigenvalue weighted by Gasteiger charge is 2.19. The third-order valence-electron chi connectivity index (χ3n) is 3.60. The molecular weight excluding hydrogens is 248 g/mol. The molecule has 0 aliphatic carbocycles. The minimum atomic E-state index is -0.415. The van der Waals surface area contributed by atoms with Gasteiger partial charge in [-0.25, -0.2) is 0 Å². The highest BCUT2D eigenvalue weighted by molar-refractivity contribution is 5.27. The van der Waals surface area contributed by atoms with Crippen LogP contribution in [0.1, 0.15) is 45.1 Å². The van der Waals surface area contributed by atoms with Crippen molar-refractivity contribution in [2.75, 3.05) is 13.7 Å². The first-order valence-electron chi connectivity index (χ1n) is 7.45. The Bertz CT molecular complexity index is 422. The normalized spacial score (nSPS) is 13.5. The lowest BCUT2D eigenvalue weighted by molar-refractivity contribution is 0.297. The van der Waals surface area contributed by atoms with Crippen LogP contribution in [-0.2, 0) is 6.42 Å². The SMILES string of the molecule is CCCc1ccc(OCCCCC(C)(C#N)NC)cc1. The summed E-state index contributed by atoms with van der Waals surface area (Å²) in [6.07, 6.45) is 5.09. The molecule has 0 bridgehead atoms. The lowest BCUT2D eigenvalue weighted by Gasteiger charge is -2.20. The summed E-state index contributed by atoms with van der Waals surface area (Å²) in [5.41, 5.74) is 0.945. The van der Waals surface area contributed by atoms with Gasteiger partial charge in [0.1, 0.15) is 11.3 Å². The van der Waals surface area contributed by atoms with Crippen LogP contribution in [-0.4, -0.2) is 19.2 Å². The molecule has 1 unspecified atom stereocenters. The van der Waals surface area contributed by atoms with Crippen molar-refractivity contribution in [2.45, 2.75) is 51.5 Å². The smallest absolute Gasteiger partial charge is 0.119 e. The third kappa shape index (κ3) is 5.63. The number of aryl methyl sites for hydroxylation is 1. The summed E-state index contributed by atoms with van der Waals surface area (Å²) < 4.78 is 5.72. The van der Waals surface area contributed by atoms with Crippen LogP contribution in [0.2, 0.25) is 0 Å². The fourth-order valence-corrected chi connectivity index (χ4v) is 2.05. The molecule has 0 radical (unpaired) electrons. The van der Waals surface area contributed by atoms with Crippen molar-refractivity contribution >= 4 is 0 Å². The van der Waals surface area contributed by atoms with E-state index in [4.69, 9.17) is 10.00 Å². The molecule has 3 heteroatoms. The maximum atomic E-state index is 9.05. The van der Waals surface area contributed by atoms with E-state index in [1.54, 1.807) is 0 Å². The summed E-state index contributed by atoms with van der Waals surface area (Å²) in [5, 5.41) is 12.1. The van der Waals surface area contributed by atoms with E-state index in [2.05, 4.69) is 30.4 Å². The molecule has 0 saturated heterocycles. The molecule has 0 saturated carbocycles. The average Bonchev–Trinajstić information content (AvgIpc) is 2.48. The Kier molecular flexibility index (Phi) is 7.11. The van der Waals surface area contributed by atoms with E-state index in [0.717, 1.165) is 31.4 Å². The van der Waals surface area contributed by atoms with E-state index in [-0.39, 0.29) is 0 Å². The standard InChI is InChI=1S/C17H26N2O/c1-4-7-15-8-10-16(11-9-15)20-13-6-5-12-17(2,14-18)19-3/h8-11,19H,4-7,12-13H2,1-3H3. The van der Waals surface area contributed by atoms with Crippen LogP contribution in [0.3, 0.4) is 0 Å². The van der Waals surface area contributed by atoms with Crippen LogP contribution in [0.4, 0.5) is 0 Å². The fraction of sp³-hybridized carbons (Fsp3) is 0.588. The van der Waals surface area contributed by atoms with Gasteiger partial charge in [-0.1, -0.05) is 25.5 Å². The zero-order valence-corrected chi connectivity index (χ0v) is 12.9. The second-order valence-electron chi connectivity index (χ2n) is 5.39. The number of nitrogens with one attached hydrogen (secondary N) is 1. The number of unbranched alkanes of at least 4 members (excludes halogenated alkanes) is 1. The molecule has 0 aliphatic rings. The van der Waals surface area contributed by atoms with E-state index in [1.165, 1.54) is 12.0 Å². The van der Waals surface area contributed by atoms with Crippen LogP contribution >= 0.6 is 0 Å². The van der Waals surface area contributed by atoms with Crippen molar-refractivity contribution in [3.05, 3.63) is 29.8 Å². The largest absolute Gasteiger partial charge is 0.494 e. The molecule has 1 N–H and O–H groups in total. The Morgan fingerprint density at radius 2 is 1.95 bits per heavy atom. The summed E-state index contributed by atoms with van der Waals surface area (Å²) in [5.74, 6) is 0.932. The molecule has 0 spiro atoms. The highest BCUT2D eigenvalue weighted by atomic mass is 16.5. The minimum Gasteiger partial charge on any atom is -0.494 e. The van der Waals surface area contributed by atoms with Gasteiger partial charge in [0.15, 0.2) is 0 Å². The number of nitriles is 1. The summed E-state index contributed by atoms with van der Waals surface area (Å²) in [7, 11) is 1.83. The molecular formula is C17H26N2O. The van der Waals surface area contributed by atoms with Crippen molar-refractivity contribution in [1.29, 1.82) is 5.26 Å². The van der Waals surface area contributed by atoms with E-state index >= 15 is 0 Å². The summed E-state index contributed by atoms with van der Waals surface area (Å²) in [4.78, 5) is 0. The molecule has 0 fully saturated rings. The summed E-state index contributed by atoms with van der Waals surface area (Å²) in [6, 6.07) is 10.6. The Balaban J connectivity index is 2.23. The van der Waals surface area contributed by atoms with Gasteiger partial charge in [-0.15, -0.1) is 0 Å². The molecule has 1 aromatic carbocycles. The molecule has 3 nitrogen and oxygen atoms in total. The second-order valence-corrected chi connectivity index (χ2v) is 5.39. The number of hydrogen-bond acceptors (Lipinski definition) is 3. The van der Waals surface area contributed by atoms with Gasteiger partial charge in [0.2, 0.25) is 0 Å². The van der Waals surface area contributed by atoms with Gasteiger partial charge in [-0.2, -0.15) is 5.26 Å². The Hall–Kier alpha value is -1.53. The van der Waals surface area contributed by atoms with Gasteiger partial charge >= 0.3 is 0 Å². The molecule has 0 aliphatic heterocycles. The van der Waals surface area contributed by atoms with Gasteiger partial charge in [0.05, 0.1) is 12.7 Å². The van der Waals surface area contributed by atoms with Crippen LogP contribution in [0, 0.1) is 11.3 Å². The van der Waals surface area contributed by atoms with Crippen molar-refractivity contribution in [3.63, 3.8) is 0 Å². The van der Waals surface area contributed by atoms with Crippen molar-refractivity contribution < 1.29 is 4.74 Å². The van der Waals surface area contributed by atoms with E-state index in [0.29, 0.717) is 6.61 Å². The van der Waals surface area contributed by atoms with Crippen molar-refractivity contribution in [1.82, 2.24) is 5.32 Å². The summed E-state index contributed by atoms with van der Waals surface area (Å²) in [6.45, 7) is 4.82. The maximum Gasteiger partial charge on any atom is 0.119 e. The number of nitrogens with zero attached hydrogens (tertiary/aromatic N) is 1. The van der Waals surface area contributed by atoms with Crippen molar-refractivity contribution in [3.8, 4) is 11.8 Å². The average molecular weight is 274 g/mol. The Morgan fingerprint density at radius 3 is 2.50 bits per heavy atom. The number of rotatable bonds is 9. The first-order valence-corrected chi connectivity index (χ1v) is 7.45. The molecule has 1 atom stereocenters. The lowest BCUT2D eigenvalue weighted by Crippen LogP contribution is -2.37. The predicted molar refractivity (Wildman–Crippen MR) is 82.9 cm³/mol. The van der Waals surface area contributed by atoms with Crippen LogP contribution in [0.25, 0.3) is 0 Å². The van der Waals surface area contributed by atoms with E-state index in [9.17, 15) is 0 Å². The first-order chi connectivity index (χ1) is 9.63. The van der Waals surface area contributed by atoms with Crippen molar-refractivity contribution in [2.24, 2.45) is 0 Å². The van der Waals surface area contributed by atoms with Gasteiger partial charge in [-0.05, 0) is 57.4 Å². The molecule has 20 heavy (non-hydrogen) atoms. The second kappa shape index (κ2) is 8.60. The van der Waals surface area contributed by atoms with Gasteiger partial charge in [0, 0.05) is 0 Å². The molecule has 0 heterocycles. The summed E-state index contributed by atoms with van der Waals surface area (Å²) >= 11 is 0. The maximum absolute atomic E-state index is 9.05. The molecule has 1 rings (SSSR count). The van der Waals surface area contributed by atoms with Gasteiger partial charge in [0.25, 0.3) is 0 Å². The molecule has 110 valence electrons. The zero-order valence-electron chi connectivity index (χ0n) is 12.9. The Morgan fingerprint density at radius 1 is 1.25 bits per heavy atom. The molecule has 0 aromatic heterocycles. The van der Waals surface area contributed by atoms with Gasteiger partial charge in [-0.3, -0.25) is 0 Å². The number of hydrogen-bond donors (Lipinski definition) is 1. The fourth-order valence-electron chi connectivity index (χ4n) is 2.05. The highest BCUT2D eigenvalue weighted by Crippen LogP contribution is 2.15. The molecule has 1 aromatic rings. The molecule has 0 amide bonds. The van der Waals surface area contributed by atoms with Gasteiger partial charge < -0.3 is 10.1 Å². The quantitative estimate of drug-likeness (QED) is 0.698. The van der Waals surface area contributed by atoms with Crippen LogP contribution in [0.15, 0.2) is 24.3 Å². The first kappa shape index (κ1) is 16.5. The topological polar surface area (TPSA) is 45.0 Å². The minimum absolute atomic E-state index is 0.415. The monoisotopic (exact) mass is 274 g/mol. The van der Waals surface area contributed by atoms with E-state index in [1.807, 2.05) is 26.1 Å².